The van der Waals surface area contributed by atoms with Gasteiger partial charge in [0.15, 0.2) is 0 Å². The van der Waals surface area contributed by atoms with Crippen molar-refractivity contribution in [3.8, 4) is 0 Å². The zero-order valence-electron chi connectivity index (χ0n) is 11.4. The van der Waals surface area contributed by atoms with Gasteiger partial charge >= 0.3 is 6.18 Å². The highest BCUT2D eigenvalue weighted by atomic mass is 79.9. The summed E-state index contributed by atoms with van der Waals surface area (Å²) in [6.07, 6.45) is 0.631. The van der Waals surface area contributed by atoms with E-state index in [-0.39, 0.29) is 10.5 Å². The molecule has 0 saturated heterocycles. The van der Waals surface area contributed by atoms with Crippen LogP contribution in [0.4, 0.5) is 13.2 Å². The molecule has 1 unspecified atom stereocenters. The van der Waals surface area contributed by atoms with Crippen LogP contribution in [-0.2, 0) is 6.18 Å². The Morgan fingerprint density at radius 1 is 1.25 bits per heavy atom. The number of alkyl halides is 3. The minimum atomic E-state index is -4.36. The molecule has 0 heterocycles. The molecule has 0 aromatic heterocycles. The Morgan fingerprint density at radius 2 is 1.95 bits per heavy atom. The number of benzene rings is 1. The molecule has 20 heavy (non-hydrogen) atoms. The topological polar surface area (TPSA) is 38.0 Å². The number of nitrogens with one attached hydrogen (secondary N) is 1. The Hall–Kier alpha value is -0.590. The Balaban J connectivity index is 2.82. The minimum Gasteiger partial charge on any atom is -0.271 e. The van der Waals surface area contributed by atoms with Crippen LogP contribution in [0.3, 0.4) is 0 Å². The Bertz CT molecular complexity index is 421. The third-order valence-electron chi connectivity index (χ3n) is 3.25. The molecule has 1 aromatic carbocycles. The third-order valence-corrected chi connectivity index (χ3v) is 3.94. The van der Waals surface area contributed by atoms with Gasteiger partial charge in [-0.1, -0.05) is 54.6 Å². The summed E-state index contributed by atoms with van der Waals surface area (Å²) < 4.78 is 38.7. The quantitative estimate of drug-likeness (QED) is 0.414. The van der Waals surface area contributed by atoms with Crippen LogP contribution < -0.4 is 11.3 Å². The normalized spacial score (nSPS) is 13.5. The van der Waals surface area contributed by atoms with Crippen molar-refractivity contribution in [1.29, 1.82) is 0 Å². The Morgan fingerprint density at radius 3 is 2.50 bits per heavy atom. The van der Waals surface area contributed by atoms with Crippen LogP contribution in [0.1, 0.15) is 56.2 Å². The first-order chi connectivity index (χ1) is 9.40. The van der Waals surface area contributed by atoms with Crippen LogP contribution in [0.2, 0.25) is 0 Å². The zero-order valence-corrected chi connectivity index (χ0v) is 13.0. The molecule has 0 amide bonds. The predicted octanol–water partition coefficient (Wildman–Crippen LogP) is 4.94. The van der Waals surface area contributed by atoms with Gasteiger partial charge in [0.1, 0.15) is 0 Å². The summed E-state index contributed by atoms with van der Waals surface area (Å²) in [4.78, 5) is 0. The number of hydrogen-bond acceptors (Lipinski definition) is 2. The van der Waals surface area contributed by atoms with Gasteiger partial charge in [-0.3, -0.25) is 11.3 Å². The van der Waals surface area contributed by atoms with E-state index in [0.29, 0.717) is 5.56 Å². The maximum Gasteiger partial charge on any atom is 0.417 e. The molecule has 0 aliphatic carbocycles. The van der Waals surface area contributed by atoms with Crippen molar-refractivity contribution in [3.05, 3.63) is 33.8 Å². The summed E-state index contributed by atoms with van der Waals surface area (Å²) in [5, 5.41) is 0. The van der Waals surface area contributed by atoms with E-state index in [2.05, 4.69) is 28.3 Å². The smallest absolute Gasteiger partial charge is 0.271 e. The molecule has 0 saturated carbocycles. The van der Waals surface area contributed by atoms with Crippen molar-refractivity contribution in [2.75, 3.05) is 0 Å². The molecule has 2 nitrogen and oxygen atoms in total. The fourth-order valence-electron chi connectivity index (χ4n) is 2.10. The van der Waals surface area contributed by atoms with Gasteiger partial charge in [0, 0.05) is 10.5 Å². The van der Waals surface area contributed by atoms with Crippen molar-refractivity contribution in [1.82, 2.24) is 5.43 Å². The highest BCUT2D eigenvalue weighted by Gasteiger charge is 2.33. The lowest BCUT2D eigenvalue weighted by atomic mass is 9.98. The van der Waals surface area contributed by atoms with Gasteiger partial charge in [0.05, 0.1) is 5.56 Å². The Kier molecular flexibility index (Phi) is 6.99. The number of rotatable bonds is 7. The minimum absolute atomic E-state index is 0.0514. The molecule has 6 heteroatoms. The SMILES string of the molecule is CCCCCCC(NN)c1ccc(Br)c(C(F)(F)F)c1. The van der Waals surface area contributed by atoms with Crippen LogP contribution in [-0.4, -0.2) is 0 Å². The monoisotopic (exact) mass is 352 g/mol. The molecule has 0 fully saturated rings. The van der Waals surface area contributed by atoms with Crippen LogP contribution in [0, 0.1) is 0 Å². The van der Waals surface area contributed by atoms with Crippen LogP contribution >= 0.6 is 15.9 Å². The molecule has 0 aliphatic rings. The van der Waals surface area contributed by atoms with Crippen molar-refractivity contribution >= 4 is 15.9 Å². The third kappa shape index (κ3) is 5.07. The first-order valence-corrected chi connectivity index (χ1v) is 7.52. The average Bonchev–Trinajstić information content (AvgIpc) is 2.39. The van der Waals surface area contributed by atoms with E-state index in [1.165, 1.54) is 6.07 Å². The lowest BCUT2D eigenvalue weighted by molar-refractivity contribution is -0.138. The van der Waals surface area contributed by atoms with Gasteiger partial charge in [0.25, 0.3) is 0 Å². The summed E-state index contributed by atoms with van der Waals surface area (Å²) >= 11 is 2.94. The lowest BCUT2D eigenvalue weighted by Gasteiger charge is -2.18. The van der Waals surface area contributed by atoms with Gasteiger partial charge < -0.3 is 0 Å². The summed E-state index contributed by atoms with van der Waals surface area (Å²) in [7, 11) is 0. The van der Waals surface area contributed by atoms with Crippen LogP contribution in [0.5, 0.6) is 0 Å². The summed E-state index contributed by atoms with van der Waals surface area (Å²) in [6.45, 7) is 2.11. The summed E-state index contributed by atoms with van der Waals surface area (Å²) in [6, 6.07) is 4.01. The van der Waals surface area contributed by atoms with Crippen molar-refractivity contribution in [3.63, 3.8) is 0 Å². The molecule has 0 radical (unpaired) electrons. The van der Waals surface area contributed by atoms with E-state index in [1.54, 1.807) is 6.07 Å². The molecular formula is C14H20BrF3N2. The van der Waals surface area contributed by atoms with Gasteiger partial charge in [0.2, 0.25) is 0 Å². The highest BCUT2D eigenvalue weighted by molar-refractivity contribution is 9.10. The maximum atomic E-state index is 12.9. The molecule has 1 aromatic rings. The molecule has 0 aliphatic heterocycles. The first-order valence-electron chi connectivity index (χ1n) is 6.73. The number of unbranched alkanes of at least 4 members (excludes halogenated alkanes) is 3. The molecule has 1 atom stereocenters. The van der Waals surface area contributed by atoms with Crippen LogP contribution in [0.15, 0.2) is 22.7 Å². The molecule has 1 rings (SSSR count). The van der Waals surface area contributed by atoms with Crippen molar-refractivity contribution in [2.45, 2.75) is 51.2 Å². The largest absolute Gasteiger partial charge is 0.417 e. The van der Waals surface area contributed by atoms with Crippen molar-refractivity contribution < 1.29 is 13.2 Å². The number of hydrogen-bond donors (Lipinski definition) is 2. The second-order valence-corrected chi connectivity index (χ2v) is 5.66. The molecule has 114 valence electrons. The van der Waals surface area contributed by atoms with E-state index in [1.807, 2.05) is 0 Å². The van der Waals surface area contributed by atoms with E-state index < -0.39 is 11.7 Å². The van der Waals surface area contributed by atoms with Crippen LogP contribution in [0.25, 0.3) is 0 Å². The standard InChI is InChI=1S/C14H20BrF3N2/c1-2-3-4-5-6-13(20-19)10-7-8-12(15)11(9-10)14(16,17)18/h7-9,13,20H,2-6,19H2,1H3. The summed E-state index contributed by atoms with van der Waals surface area (Å²) in [5.74, 6) is 5.47. The molecule has 3 N–H and O–H groups in total. The number of halogens is 4. The second kappa shape index (κ2) is 8.00. The molecule has 0 spiro atoms. The van der Waals surface area contributed by atoms with Gasteiger partial charge in [-0.25, -0.2) is 0 Å². The van der Waals surface area contributed by atoms with E-state index in [9.17, 15) is 13.2 Å². The average molecular weight is 353 g/mol. The fraction of sp³-hybridized carbons (Fsp3) is 0.571. The van der Waals surface area contributed by atoms with E-state index in [0.717, 1.165) is 38.2 Å². The number of hydrazine groups is 1. The van der Waals surface area contributed by atoms with Gasteiger partial charge in [-0.2, -0.15) is 13.2 Å². The second-order valence-electron chi connectivity index (χ2n) is 4.81. The lowest BCUT2D eigenvalue weighted by Crippen LogP contribution is -2.28. The van der Waals surface area contributed by atoms with Gasteiger partial charge in [-0.15, -0.1) is 0 Å². The van der Waals surface area contributed by atoms with E-state index in [4.69, 9.17) is 5.84 Å². The summed E-state index contributed by atoms with van der Waals surface area (Å²) in [5.41, 5.74) is 2.52. The molecular weight excluding hydrogens is 333 g/mol. The highest BCUT2D eigenvalue weighted by Crippen LogP contribution is 2.36. The number of nitrogens with two attached hydrogens (primary N) is 1. The fourth-order valence-corrected chi connectivity index (χ4v) is 2.57. The van der Waals surface area contributed by atoms with Gasteiger partial charge in [-0.05, 0) is 24.1 Å². The Labute approximate surface area is 126 Å². The zero-order chi connectivity index (χ0) is 15.2. The maximum absolute atomic E-state index is 12.9. The predicted molar refractivity (Wildman–Crippen MR) is 78.0 cm³/mol. The first kappa shape index (κ1) is 17.5. The van der Waals surface area contributed by atoms with E-state index >= 15 is 0 Å². The van der Waals surface area contributed by atoms with Crippen molar-refractivity contribution in [2.24, 2.45) is 5.84 Å². The molecule has 0 bridgehead atoms.